The minimum absolute atomic E-state index is 0.00847. The molecule has 1 saturated heterocycles. The molecular weight excluding hydrogens is 436 g/mol. The Morgan fingerprint density at radius 2 is 1.54 bits per heavy atom. The summed E-state index contributed by atoms with van der Waals surface area (Å²) in [5.74, 6) is 0.139. The van der Waals surface area contributed by atoms with Gasteiger partial charge in [0.25, 0.3) is 0 Å². The topological polar surface area (TPSA) is 52.6 Å². The lowest BCUT2D eigenvalue weighted by molar-refractivity contribution is -0.183. The summed E-state index contributed by atoms with van der Waals surface area (Å²) in [6.45, 7) is 20.3. The van der Waals surface area contributed by atoms with E-state index >= 15 is 0 Å². The fourth-order valence-electron chi connectivity index (χ4n) is 8.03. The monoisotopic (exact) mass is 480 g/mol. The number of carbonyl (C=O) groups is 2. The number of fused-ring (bicyclic) bond motifs is 3. The van der Waals surface area contributed by atoms with Gasteiger partial charge in [0, 0.05) is 16.7 Å². The Morgan fingerprint density at radius 1 is 0.914 bits per heavy atom. The summed E-state index contributed by atoms with van der Waals surface area (Å²) in [7, 11) is 0. The maximum atomic E-state index is 13.5. The highest BCUT2D eigenvalue weighted by Crippen LogP contribution is 2.66. The summed E-state index contributed by atoms with van der Waals surface area (Å²) in [6, 6.07) is 7.16. The molecule has 3 aliphatic carbocycles. The van der Waals surface area contributed by atoms with Crippen LogP contribution in [0.3, 0.4) is 0 Å². The molecule has 5 atom stereocenters. The molecule has 192 valence electrons. The van der Waals surface area contributed by atoms with Crippen molar-refractivity contribution in [2.24, 2.45) is 22.7 Å². The molecule has 1 heterocycles. The third kappa shape index (κ3) is 2.98. The van der Waals surface area contributed by atoms with Gasteiger partial charge in [0.05, 0.1) is 12.0 Å². The zero-order chi connectivity index (χ0) is 25.8. The van der Waals surface area contributed by atoms with Gasteiger partial charge in [-0.1, -0.05) is 80.0 Å². The van der Waals surface area contributed by atoms with Gasteiger partial charge in [-0.2, -0.15) is 0 Å². The molecule has 2 bridgehead atoms. The summed E-state index contributed by atoms with van der Waals surface area (Å²) < 4.78 is 11.8. The van der Waals surface area contributed by atoms with E-state index in [9.17, 15) is 9.59 Å². The summed E-state index contributed by atoms with van der Waals surface area (Å²) >= 11 is 0. The lowest BCUT2D eigenvalue weighted by Crippen LogP contribution is -2.49. The van der Waals surface area contributed by atoms with Crippen molar-refractivity contribution in [2.75, 3.05) is 6.61 Å². The lowest BCUT2D eigenvalue weighted by Gasteiger charge is -2.42. The number of esters is 2. The minimum atomic E-state index is -1.15. The smallest absolute Gasteiger partial charge is 0.351 e. The first-order chi connectivity index (χ1) is 16.1. The SMILES string of the molecule is CC[C@@H]1[C@@H](COC(=O)C23CCC(C)(C(=O)O2)C3(C)C)[C@@]1(C)c1ccc2c(c1)C(C)(C)CCC2(C)C. The first-order valence-corrected chi connectivity index (χ1v) is 13.6. The first-order valence-electron chi connectivity index (χ1n) is 13.6. The Morgan fingerprint density at radius 3 is 2.09 bits per heavy atom. The molecule has 0 spiro atoms. The molecule has 0 N–H and O–H groups in total. The Bertz CT molecular complexity index is 1100. The van der Waals surface area contributed by atoms with Crippen LogP contribution < -0.4 is 0 Å². The standard InChI is InChI=1S/C31H44O4/c1-10-20-23(18-34-25(33)31-16-15-29(8,24(32)35-31)28(31,6)7)30(20,9)19-11-12-21-22(17-19)27(4,5)14-13-26(21,2)3/h11-12,17,20,23H,10,13-16,18H2,1-9H3/t20-,23-,29?,30+,31?/m1/s1. The number of carbonyl (C=O) groups excluding carboxylic acids is 2. The zero-order valence-corrected chi connectivity index (χ0v) is 23.3. The maximum absolute atomic E-state index is 13.5. The van der Waals surface area contributed by atoms with Crippen molar-refractivity contribution in [2.45, 2.75) is 116 Å². The number of benzene rings is 1. The Balaban J connectivity index is 1.38. The molecule has 1 aromatic carbocycles. The Hall–Kier alpha value is -1.84. The van der Waals surface area contributed by atoms with E-state index in [0.29, 0.717) is 25.4 Å². The average molecular weight is 481 g/mol. The van der Waals surface area contributed by atoms with Crippen LogP contribution in [0.25, 0.3) is 0 Å². The average Bonchev–Trinajstić information content (AvgIpc) is 3.28. The normalized spacial score (nSPS) is 39.6. The lowest BCUT2D eigenvalue weighted by atomic mass is 9.62. The molecule has 4 nitrogen and oxygen atoms in total. The molecule has 1 aliphatic heterocycles. The van der Waals surface area contributed by atoms with Crippen molar-refractivity contribution in [3.63, 3.8) is 0 Å². The Kier molecular flexibility index (Phi) is 5.06. The van der Waals surface area contributed by atoms with E-state index in [2.05, 4.69) is 59.7 Å². The van der Waals surface area contributed by atoms with E-state index in [0.717, 1.165) is 6.42 Å². The van der Waals surface area contributed by atoms with Crippen LogP contribution in [0.1, 0.15) is 111 Å². The van der Waals surface area contributed by atoms with E-state index < -0.39 is 16.4 Å². The highest BCUT2D eigenvalue weighted by Gasteiger charge is 2.76. The van der Waals surface area contributed by atoms with Crippen molar-refractivity contribution in [1.82, 2.24) is 0 Å². The molecule has 5 rings (SSSR count). The molecule has 2 unspecified atom stereocenters. The third-order valence-corrected chi connectivity index (χ3v) is 11.6. The van der Waals surface area contributed by atoms with Crippen LogP contribution in [-0.2, 0) is 35.3 Å². The van der Waals surface area contributed by atoms with E-state index in [1.807, 2.05) is 20.8 Å². The van der Waals surface area contributed by atoms with Gasteiger partial charge in [0.2, 0.25) is 5.60 Å². The van der Waals surface area contributed by atoms with Crippen LogP contribution >= 0.6 is 0 Å². The Labute approximate surface area is 211 Å². The van der Waals surface area contributed by atoms with Crippen molar-refractivity contribution in [3.8, 4) is 0 Å². The summed E-state index contributed by atoms with van der Waals surface area (Å²) in [5.41, 5.74) is 2.36. The molecule has 4 aliphatic rings. The second-order valence-corrected chi connectivity index (χ2v) is 14.2. The molecule has 0 aromatic heterocycles. The summed E-state index contributed by atoms with van der Waals surface area (Å²) in [6.07, 6.45) is 4.68. The number of hydrogen-bond acceptors (Lipinski definition) is 4. The molecule has 35 heavy (non-hydrogen) atoms. The molecule has 4 heteroatoms. The summed E-state index contributed by atoms with van der Waals surface area (Å²) in [5, 5.41) is 0. The second kappa shape index (κ2) is 7.13. The number of rotatable bonds is 5. The second-order valence-electron chi connectivity index (χ2n) is 14.2. The highest BCUT2D eigenvalue weighted by molar-refractivity contribution is 5.93. The fraction of sp³-hybridized carbons (Fsp3) is 0.742. The molecule has 0 radical (unpaired) electrons. The van der Waals surface area contributed by atoms with Crippen molar-refractivity contribution < 1.29 is 19.1 Å². The number of hydrogen-bond donors (Lipinski definition) is 0. The van der Waals surface area contributed by atoms with Crippen LogP contribution in [0.15, 0.2) is 18.2 Å². The molecule has 0 amide bonds. The minimum Gasteiger partial charge on any atom is -0.462 e. The molecule has 1 aromatic rings. The van der Waals surface area contributed by atoms with Crippen molar-refractivity contribution >= 4 is 11.9 Å². The summed E-state index contributed by atoms with van der Waals surface area (Å²) in [4.78, 5) is 26.1. The van der Waals surface area contributed by atoms with E-state index in [1.54, 1.807) is 0 Å². The van der Waals surface area contributed by atoms with Gasteiger partial charge in [-0.05, 0) is 66.0 Å². The predicted molar refractivity (Wildman–Crippen MR) is 137 cm³/mol. The van der Waals surface area contributed by atoms with E-state index in [-0.39, 0.29) is 34.1 Å². The molecule has 3 fully saturated rings. The van der Waals surface area contributed by atoms with Gasteiger partial charge in [0.15, 0.2) is 0 Å². The fourth-order valence-corrected chi connectivity index (χ4v) is 8.03. The van der Waals surface area contributed by atoms with Gasteiger partial charge in [0.1, 0.15) is 0 Å². The highest BCUT2D eigenvalue weighted by atomic mass is 16.6. The van der Waals surface area contributed by atoms with Crippen molar-refractivity contribution in [3.05, 3.63) is 34.9 Å². The van der Waals surface area contributed by atoms with Crippen LogP contribution in [0.4, 0.5) is 0 Å². The predicted octanol–water partition coefficient (Wildman–Crippen LogP) is 6.61. The van der Waals surface area contributed by atoms with Crippen LogP contribution in [0.2, 0.25) is 0 Å². The quantitative estimate of drug-likeness (QED) is 0.445. The van der Waals surface area contributed by atoms with Crippen molar-refractivity contribution in [1.29, 1.82) is 0 Å². The third-order valence-electron chi connectivity index (χ3n) is 11.6. The van der Waals surface area contributed by atoms with Crippen LogP contribution in [0.5, 0.6) is 0 Å². The zero-order valence-electron chi connectivity index (χ0n) is 23.3. The van der Waals surface area contributed by atoms with Gasteiger partial charge in [-0.25, -0.2) is 4.79 Å². The van der Waals surface area contributed by atoms with Crippen LogP contribution in [0, 0.1) is 22.7 Å². The number of ether oxygens (including phenoxy) is 2. The molecular formula is C31H44O4. The maximum Gasteiger partial charge on any atom is 0.351 e. The first kappa shape index (κ1) is 24.8. The van der Waals surface area contributed by atoms with Gasteiger partial charge in [-0.15, -0.1) is 0 Å². The molecule has 2 saturated carbocycles. The van der Waals surface area contributed by atoms with Gasteiger partial charge >= 0.3 is 11.9 Å². The van der Waals surface area contributed by atoms with E-state index in [4.69, 9.17) is 9.47 Å². The van der Waals surface area contributed by atoms with E-state index in [1.165, 1.54) is 29.5 Å². The van der Waals surface area contributed by atoms with Gasteiger partial charge < -0.3 is 9.47 Å². The van der Waals surface area contributed by atoms with Gasteiger partial charge in [-0.3, -0.25) is 4.79 Å². The van der Waals surface area contributed by atoms with Crippen LogP contribution in [-0.4, -0.2) is 24.1 Å². The largest absolute Gasteiger partial charge is 0.462 e.